The van der Waals surface area contributed by atoms with Crippen LogP contribution in [0.3, 0.4) is 0 Å². The molecule has 0 aromatic carbocycles. The lowest BCUT2D eigenvalue weighted by Crippen LogP contribution is -1.86. The smallest absolute Gasteiger partial charge is 0.190 e. The molecule has 0 saturated heterocycles. The molecule has 0 bridgehead atoms. The molecule has 0 aliphatic carbocycles. The van der Waals surface area contributed by atoms with Crippen molar-refractivity contribution in [1.29, 1.82) is 10.5 Å². The van der Waals surface area contributed by atoms with Crippen LogP contribution in [0, 0.1) is 22.8 Å². The van der Waals surface area contributed by atoms with E-state index in [9.17, 15) is 0 Å². The highest BCUT2D eigenvalue weighted by Gasteiger charge is 2.18. The first-order chi connectivity index (χ1) is 5.63. The third-order valence-corrected chi connectivity index (χ3v) is 2.39. The predicted octanol–water partition coefficient (Wildman–Crippen LogP) is 2.65. The molecule has 0 aliphatic heterocycles. The van der Waals surface area contributed by atoms with Crippen molar-refractivity contribution in [2.24, 2.45) is 0 Å². The minimum absolute atomic E-state index is 0.00529. The van der Waals surface area contributed by atoms with E-state index in [4.69, 9.17) is 45.3 Å². The minimum Gasteiger partial charge on any atom is -0.223 e. The van der Waals surface area contributed by atoms with Crippen molar-refractivity contribution in [3.8, 4) is 12.3 Å². The topological polar surface area (TPSA) is 52.5 Å². The van der Waals surface area contributed by atoms with Crippen molar-refractivity contribution in [1.82, 2.24) is 4.57 Å². The average molecular weight is 220 g/mol. The summed E-state index contributed by atoms with van der Waals surface area (Å²) in [4.78, 5) is 0. The van der Waals surface area contributed by atoms with Crippen molar-refractivity contribution in [2.75, 3.05) is 0 Å². The number of halogens is 3. The number of rotatable bonds is 0. The zero-order chi connectivity index (χ0) is 9.30. The van der Waals surface area contributed by atoms with Crippen LogP contribution in [0.25, 0.3) is 0 Å². The van der Waals surface area contributed by atoms with Gasteiger partial charge in [-0.15, -0.1) is 0 Å². The Kier molecular flexibility index (Phi) is 2.49. The Morgan fingerprint density at radius 2 is 1.67 bits per heavy atom. The van der Waals surface area contributed by atoms with Crippen LogP contribution in [0.4, 0.5) is 0 Å². The molecule has 3 nitrogen and oxygen atoms in total. The second kappa shape index (κ2) is 3.25. The highest BCUT2D eigenvalue weighted by molar-refractivity contribution is 6.44. The van der Waals surface area contributed by atoms with Crippen molar-refractivity contribution in [3.63, 3.8) is 0 Å². The van der Waals surface area contributed by atoms with E-state index in [1.165, 1.54) is 0 Å². The maximum Gasteiger partial charge on any atom is 0.190 e. The van der Waals surface area contributed by atoms with Crippen molar-refractivity contribution >= 4 is 34.8 Å². The summed E-state index contributed by atoms with van der Waals surface area (Å²) in [6, 6.07) is 1.74. The third-order valence-electron chi connectivity index (χ3n) is 1.21. The molecule has 1 aromatic rings. The van der Waals surface area contributed by atoms with Gasteiger partial charge in [-0.25, -0.2) is 4.57 Å². The van der Waals surface area contributed by atoms with Gasteiger partial charge in [-0.05, 0) is 0 Å². The predicted molar refractivity (Wildman–Crippen MR) is 45.2 cm³/mol. The first kappa shape index (κ1) is 9.22. The summed E-state index contributed by atoms with van der Waals surface area (Å²) < 4.78 is 0.879. The first-order valence-electron chi connectivity index (χ1n) is 2.68. The fourth-order valence-corrected chi connectivity index (χ4v) is 1.46. The second-order valence-corrected chi connectivity index (χ2v) is 2.91. The molecule has 1 rings (SSSR count). The Bertz CT molecular complexity index is 370. The van der Waals surface area contributed by atoms with Gasteiger partial charge in [0, 0.05) is 0 Å². The second-order valence-electron chi connectivity index (χ2n) is 1.82. The summed E-state index contributed by atoms with van der Waals surface area (Å²) in [7, 11) is 0. The zero-order valence-electron chi connectivity index (χ0n) is 5.48. The monoisotopic (exact) mass is 219 g/mol. The molecular weight excluding hydrogens is 220 g/mol. The van der Waals surface area contributed by atoms with E-state index in [2.05, 4.69) is 0 Å². The molecule has 0 amide bonds. The summed E-state index contributed by atoms with van der Waals surface area (Å²) >= 11 is 16.7. The van der Waals surface area contributed by atoms with Crippen LogP contribution in [-0.4, -0.2) is 4.57 Å². The highest BCUT2D eigenvalue weighted by Crippen LogP contribution is 2.33. The molecular formula is C6Cl3N3. The summed E-state index contributed by atoms with van der Waals surface area (Å²) in [5, 5.41) is 16.9. The van der Waals surface area contributed by atoms with Crippen molar-refractivity contribution < 1.29 is 0 Å². The molecule has 0 radical (unpaired) electrons. The molecule has 0 unspecified atom stereocenters. The third kappa shape index (κ3) is 1.13. The van der Waals surface area contributed by atoms with E-state index in [0.717, 1.165) is 4.57 Å². The van der Waals surface area contributed by atoms with E-state index in [0.29, 0.717) is 0 Å². The van der Waals surface area contributed by atoms with Gasteiger partial charge in [-0.2, -0.15) is 10.5 Å². The number of nitriles is 2. The van der Waals surface area contributed by atoms with Crippen LogP contribution < -0.4 is 0 Å². The van der Waals surface area contributed by atoms with Crippen LogP contribution in [0.5, 0.6) is 0 Å². The van der Waals surface area contributed by atoms with Gasteiger partial charge in [0.2, 0.25) is 0 Å². The van der Waals surface area contributed by atoms with E-state index in [1.807, 2.05) is 0 Å². The van der Waals surface area contributed by atoms with Crippen LogP contribution in [0.15, 0.2) is 0 Å². The van der Waals surface area contributed by atoms with Crippen LogP contribution >= 0.6 is 34.8 Å². The Morgan fingerprint density at radius 3 is 1.92 bits per heavy atom. The van der Waals surface area contributed by atoms with Gasteiger partial charge in [0.05, 0.1) is 5.02 Å². The normalized spacial score (nSPS) is 9.08. The molecule has 60 valence electrons. The maximum atomic E-state index is 8.53. The maximum absolute atomic E-state index is 8.53. The van der Waals surface area contributed by atoms with Crippen LogP contribution in [-0.2, 0) is 0 Å². The average Bonchev–Trinajstić information content (AvgIpc) is 2.25. The molecule has 0 atom stereocenters. The molecule has 6 heteroatoms. The fourth-order valence-electron chi connectivity index (χ4n) is 0.673. The molecule has 0 aliphatic rings. The van der Waals surface area contributed by atoms with Crippen LogP contribution in [0.2, 0.25) is 15.3 Å². The Balaban J connectivity index is 3.59. The van der Waals surface area contributed by atoms with E-state index in [-0.39, 0.29) is 20.9 Å². The van der Waals surface area contributed by atoms with E-state index in [1.54, 1.807) is 12.3 Å². The first-order valence-corrected chi connectivity index (χ1v) is 3.82. The highest BCUT2D eigenvalue weighted by atomic mass is 35.5. The standard InChI is InChI=1S/C6Cl3N3/c7-4-3(1-10)5(8)12(2-11)6(4)9. The lowest BCUT2D eigenvalue weighted by Gasteiger charge is -1.88. The molecule has 1 aromatic heterocycles. The van der Waals surface area contributed by atoms with E-state index < -0.39 is 0 Å². The molecule has 12 heavy (non-hydrogen) atoms. The summed E-state index contributed by atoms with van der Waals surface area (Å²) in [6.07, 6.45) is 1.68. The zero-order valence-corrected chi connectivity index (χ0v) is 7.74. The van der Waals surface area contributed by atoms with Gasteiger partial charge in [0.25, 0.3) is 0 Å². The van der Waals surface area contributed by atoms with Gasteiger partial charge < -0.3 is 0 Å². The quantitative estimate of drug-likeness (QED) is 0.675. The molecule has 0 saturated carbocycles. The van der Waals surface area contributed by atoms with Gasteiger partial charge in [-0.1, -0.05) is 34.8 Å². The lowest BCUT2D eigenvalue weighted by atomic mass is 10.4. The fraction of sp³-hybridized carbons (Fsp3) is 0. The molecule has 0 spiro atoms. The summed E-state index contributed by atoms with van der Waals surface area (Å²) in [5.74, 6) is 0. The largest absolute Gasteiger partial charge is 0.223 e. The summed E-state index contributed by atoms with van der Waals surface area (Å²) in [5.41, 5.74) is 0.0184. The van der Waals surface area contributed by atoms with Crippen molar-refractivity contribution in [3.05, 3.63) is 20.9 Å². The molecule has 0 fully saturated rings. The number of hydrogen-bond acceptors (Lipinski definition) is 2. The number of nitrogens with zero attached hydrogens (tertiary/aromatic N) is 3. The Morgan fingerprint density at radius 1 is 1.08 bits per heavy atom. The van der Waals surface area contributed by atoms with Gasteiger partial charge >= 0.3 is 0 Å². The number of aromatic nitrogens is 1. The Hall–Kier alpha value is -0.870. The van der Waals surface area contributed by atoms with E-state index >= 15 is 0 Å². The van der Waals surface area contributed by atoms with Gasteiger partial charge in [0.15, 0.2) is 6.19 Å². The van der Waals surface area contributed by atoms with Crippen molar-refractivity contribution in [2.45, 2.75) is 0 Å². The Labute approximate surface area is 83.3 Å². The van der Waals surface area contributed by atoms with Crippen LogP contribution in [0.1, 0.15) is 5.56 Å². The lowest BCUT2D eigenvalue weighted by molar-refractivity contribution is 1.10. The van der Waals surface area contributed by atoms with Gasteiger partial charge in [-0.3, -0.25) is 0 Å². The summed E-state index contributed by atoms with van der Waals surface area (Å²) in [6.45, 7) is 0. The minimum atomic E-state index is -0.0602. The van der Waals surface area contributed by atoms with Gasteiger partial charge in [0.1, 0.15) is 21.9 Å². The number of hydrogen-bond donors (Lipinski definition) is 0. The molecule has 0 N–H and O–H groups in total. The molecule has 1 heterocycles. The SMILES string of the molecule is N#Cc1c(Cl)c(Cl)n(C#N)c1Cl.